The number of pyridine rings is 2. The molecule has 4 nitrogen and oxygen atoms in total. The molecule has 0 radical (unpaired) electrons. The second kappa shape index (κ2) is 7.07. The van der Waals surface area contributed by atoms with Gasteiger partial charge in [-0.05, 0) is 24.3 Å². The van der Waals surface area contributed by atoms with E-state index in [0.717, 1.165) is 49.5 Å². The van der Waals surface area contributed by atoms with Gasteiger partial charge in [0, 0.05) is 49.9 Å². The summed E-state index contributed by atoms with van der Waals surface area (Å²) < 4.78 is 0. The van der Waals surface area contributed by atoms with Gasteiger partial charge in [-0.15, -0.1) is 0 Å². The highest BCUT2D eigenvalue weighted by Gasteiger charge is 2.24. The van der Waals surface area contributed by atoms with Crippen LogP contribution >= 0.6 is 0 Å². The molecule has 0 aliphatic carbocycles. The molecule has 1 atom stereocenters. The van der Waals surface area contributed by atoms with Gasteiger partial charge in [0.2, 0.25) is 0 Å². The topological polar surface area (TPSA) is 41.1 Å². The van der Waals surface area contributed by atoms with E-state index in [1.807, 2.05) is 12.3 Å². The molecule has 0 spiro atoms. The Hall–Kier alpha value is -2.30. The number of para-hydroxylation sites is 1. The van der Waals surface area contributed by atoms with E-state index in [-0.39, 0.29) is 6.04 Å². The lowest BCUT2D eigenvalue weighted by molar-refractivity contribution is 0.169. The van der Waals surface area contributed by atoms with Crippen LogP contribution in [-0.4, -0.2) is 41.0 Å². The molecule has 1 unspecified atom stereocenters. The lowest BCUT2D eigenvalue weighted by Crippen LogP contribution is -2.45. The fraction of sp³-hybridized carbons (Fsp3) is 0.300. The van der Waals surface area contributed by atoms with Gasteiger partial charge in [-0.1, -0.05) is 30.3 Å². The van der Waals surface area contributed by atoms with Gasteiger partial charge in [0.25, 0.3) is 0 Å². The van der Waals surface area contributed by atoms with E-state index in [1.54, 1.807) is 0 Å². The van der Waals surface area contributed by atoms with Crippen molar-refractivity contribution in [1.29, 1.82) is 0 Å². The average molecular weight is 318 g/mol. The first-order valence-electron chi connectivity index (χ1n) is 8.60. The molecule has 0 bridgehead atoms. The number of rotatable bonds is 4. The molecular formula is C20H22N4. The third-order valence-corrected chi connectivity index (χ3v) is 4.68. The van der Waals surface area contributed by atoms with Crippen LogP contribution < -0.4 is 5.32 Å². The predicted octanol–water partition coefficient (Wildman–Crippen LogP) is 2.82. The minimum atomic E-state index is 0.270. The predicted molar refractivity (Wildman–Crippen MR) is 96.9 cm³/mol. The van der Waals surface area contributed by atoms with Crippen LogP contribution in [0, 0.1) is 0 Å². The van der Waals surface area contributed by atoms with Crippen LogP contribution in [0.25, 0.3) is 10.9 Å². The van der Waals surface area contributed by atoms with Gasteiger partial charge in [-0.2, -0.15) is 0 Å². The second-order valence-electron chi connectivity index (χ2n) is 6.26. The zero-order valence-electron chi connectivity index (χ0n) is 13.7. The van der Waals surface area contributed by atoms with Crippen molar-refractivity contribution in [3.05, 3.63) is 72.2 Å². The Bertz CT molecular complexity index is 797. The largest absolute Gasteiger partial charge is 0.314 e. The molecule has 24 heavy (non-hydrogen) atoms. The molecule has 122 valence electrons. The smallest absolute Gasteiger partial charge is 0.0706 e. The first-order valence-corrected chi connectivity index (χ1v) is 8.60. The maximum Gasteiger partial charge on any atom is 0.0706 e. The van der Waals surface area contributed by atoms with Crippen LogP contribution in [0.15, 0.2) is 60.8 Å². The third-order valence-electron chi connectivity index (χ3n) is 4.68. The van der Waals surface area contributed by atoms with Gasteiger partial charge in [-0.25, -0.2) is 0 Å². The minimum absolute atomic E-state index is 0.270. The molecule has 0 amide bonds. The van der Waals surface area contributed by atoms with Crippen molar-refractivity contribution >= 4 is 10.9 Å². The van der Waals surface area contributed by atoms with E-state index in [4.69, 9.17) is 4.98 Å². The number of piperazine rings is 1. The Morgan fingerprint density at radius 3 is 2.62 bits per heavy atom. The Kier molecular flexibility index (Phi) is 4.49. The molecule has 1 aromatic carbocycles. The van der Waals surface area contributed by atoms with Crippen molar-refractivity contribution in [2.24, 2.45) is 0 Å². The summed E-state index contributed by atoms with van der Waals surface area (Å²) in [5.74, 6) is 0. The summed E-state index contributed by atoms with van der Waals surface area (Å²) in [6.45, 7) is 4.16. The molecule has 0 saturated carbocycles. The zero-order valence-corrected chi connectivity index (χ0v) is 13.7. The van der Waals surface area contributed by atoms with Gasteiger partial charge < -0.3 is 5.32 Å². The highest BCUT2D eigenvalue weighted by Crippen LogP contribution is 2.25. The summed E-state index contributed by atoms with van der Waals surface area (Å²) >= 11 is 0. The summed E-state index contributed by atoms with van der Waals surface area (Å²) in [4.78, 5) is 12.0. The highest BCUT2D eigenvalue weighted by atomic mass is 15.2. The first kappa shape index (κ1) is 15.2. The van der Waals surface area contributed by atoms with Gasteiger partial charge in [-0.3, -0.25) is 14.9 Å². The van der Waals surface area contributed by atoms with Crippen LogP contribution in [0.4, 0.5) is 0 Å². The normalized spacial score (nSPS) is 17.0. The van der Waals surface area contributed by atoms with Crippen LogP contribution in [-0.2, 0) is 6.42 Å². The SMILES string of the molecule is c1ccc(CC(c2ccc3ccccc3n2)N2CCNCC2)nc1. The standard InChI is InChI=1S/C20H22N4/c1-2-7-18-16(5-1)8-9-19(23-18)20(24-13-11-21-12-14-24)15-17-6-3-4-10-22-17/h1-10,20-21H,11-15H2. The van der Waals surface area contributed by atoms with Crippen molar-refractivity contribution in [2.75, 3.05) is 26.2 Å². The highest BCUT2D eigenvalue weighted by molar-refractivity contribution is 5.78. The second-order valence-corrected chi connectivity index (χ2v) is 6.26. The number of hydrogen-bond donors (Lipinski definition) is 1. The molecule has 1 N–H and O–H groups in total. The Morgan fingerprint density at radius 2 is 1.79 bits per heavy atom. The van der Waals surface area contributed by atoms with Gasteiger partial charge in [0.15, 0.2) is 0 Å². The van der Waals surface area contributed by atoms with E-state index < -0.39 is 0 Å². The average Bonchev–Trinajstić information content (AvgIpc) is 2.67. The van der Waals surface area contributed by atoms with Crippen molar-refractivity contribution in [3.8, 4) is 0 Å². The summed E-state index contributed by atoms with van der Waals surface area (Å²) in [6.07, 6.45) is 2.77. The fourth-order valence-corrected chi connectivity index (χ4v) is 3.40. The van der Waals surface area contributed by atoms with Crippen molar-refractivity contribution in [2.45, 2.75) is 12.5 Å². The molecule has 2 aromatic heterocycles. The molecule has 1 saturated heterocycles. The molecule has 4 rings (SSSR count). The fourth-order valence-electron chi connectivity index (χ4n) is 3.40. The molecular weight excluding hydrogens is 296 g/mol. The zero-order chi connectivity index (χ0) is 16.2. The number of benzene rings is 1. The van der Waals surface area contributed by atoms with Crippen LogP contribution in [0.5, 0.6) is 0 Å². The molecule has 4 heteroatoms. The van der Waals surface area contributed by atoms with E-state index in [0.29, 0.717) is 0 Å². The molecule has 1 aliphatic rings. The van der Waals surface area contributed by atoms with E-state index in [1.165, 1.54) is 5.39 Å². The van der Waals surface area contributed by atoms with E-state index >= 15 is 0 Å². The van der Waals surface area contributed by atoms with Crippen LogP contribution in [0.3, 0.4) is 0 Å². The van der Waals surface area contributed by atoms with Crippen molar-refractivity contribution in [3.63, 3.8) is 0 Å². The third kappa shape index (κ3) is 3.30. The lowest BCUT2D eigenvalue weighted by Gasteiger charge is -2.34. The van der Waals surface area contributed by atoms with E-state index in [2.05, 4.69) is 63.7 Å². The summed E-state index contributed by atoms with van der Waals surface area (Å²) in [5, 5.41) is 4.63. The minimum Gasteiger partial charge on any atom is -0.314 e. The Morgan fingerprint density at radius 1 is 0.958 bits per heavy atom. The number of hydrogen-bond acceptors (Lipinski definition) is 4. The van der Waals surface area contributed by atoms with Crippen LogP contribution in [0.1, 0.15) is 17.4 Å². The lowest BCUT2D eigenvalue weighted by atomic mass is 10.0. The Labute approximate surface area is 142 Å². The number of nitrogens with zero attached hydrogens (tertiary/aromatic N) is 3. The Balaban J connectivity index is 1.69. The van der Waals surface area contributed by atoms with E-state index in [9.17, 15) is 0 Å². The molecule has 1 fully saturated rings. The van der Waals surface area contributed by atoms with Gasteiger partial charge in [0.1, 0.15) is 0 Å². The van der Waals surface area contributed by atoms with Crippen molar-refractivity contribution in [1.82, 2.24) is 20.2 Å². The quantitative estimate of drug-likeness (QED) is 0.803. The molecule has 1 aliphatic heterocycles. The molecule has 3 aromatic rings. The van der Waals surface area contributed by atoms with Crippen LogP contribution in [0.2, 0.25) is 0 Å². The number of fused-ring (bicyclic) bond motifs is 1. The summed E-state index contributed by atoms with van der Waals surface area (Å²) in [6, 6.07) is 19.1. The van der Waals surface area contributed by atoms with Crippen molar-refractivity contribution < 1.29 is 0 Å². The first-order chi connectivity index (χ1) is 11.9. The summed E-state index contributed by atoms with van der Waals surface area (Å²) in [7, 11) is 0. The maximum absolute atomic E-state index is 4.96. The van der Waals surface area contributed by atoms with Gasteiger partial charge in [0.05, 0.1) is 17.3 Å². The number of aromatic nitrogens is 2. The van der Waals surface area contributed by atoms with Gasteiger partial charge >= 0.3 is 0 Å². The molecule has 3 heterocycles. The number of nitrogens with one attached hydrogen (secondary N) is 1. The monoisotopic (exact) mass is 318 g/mol. The summed E-state index contributed by atoms with van der Waals surface area (Å²) in [5.41, 5.74) is 3.33. The maximum atomic E-state index is 4.96.